The summed E-state index contributed by atoms with van der Waals surface area (Å²) in [5.74, 6) is 1.95. The summed E-state index contributed by atoms with van der Waals surface area (Å²) in [5.41, 5.74) is 0.806. The van der Waals surface area contributed by atoms with E-state index in [0.717, 1.165) is 11.3 Å². The van der Waals surface area contributed by atoms with Gasteiger partial charge in [-0.3, -0.25) is 0 Å². The molecule has 2 unspecified atom stereocenters. The molecule has 2 aromatic rings. The normalized spacial score (nSPS) is 20.7. The highest BCUT2D eigenvalue weighted by molar-refractivity contribution is 5.99. The first-order valence-corrected chi connectivity index (χ1v) is 7.61. The van der Waals surface area contributed by atoms with Crippen LogP contribution in [0, 0.1) is 0 Å². The fraction of sp³-hybridized carbons (Fsp3) is 0.438. The van der Waals surface area contributed by atoms with Gasteiger partial charge in [0.15, 0.2) is 11.5 Å². The standard InChI is InChI=1S/C16H20N4O3/c1-10(2)23-19-16(20-9-17-8-18-20)13-5-6-14-15(7-13)22-12(4)11(3)21-14/h5-12H,1-4H3/b19-16-. The number of hydrogen-bond donors (Lipinski definition) is 0. The molecule has 0 fully saturated rings. The third-order valence-corrected chi connectivity index (χ3v) is 3.47. The minimum Gasteiger partial charge on any atom is -0.483 e. The lowest BCUT2D eigenvalue weighted by molar-refractivity contribution is 0.0429. The average Bonchev–Trinajstić information content (AvgIpc) is 3.02. The molecule has 0 amide bonds. The van der Waals surface area contributed by atoms with E-state index in [9.17, 15) is 0 Å². The average molecular weight is 316 g/mol. The molecular weight excluding hydrogens is 296 g/mol. The lowest BCUT2D eigenvalue weighted by Gasteiger charge is -2.30. The van der Waals surface area contributed by atoms with Crippen LogP contribution in [0.15, 0.2) is 36.0 Å². The van der Waals surface area contributed by atoms with Gasteiger partial charge >= 0.3 is 0 Å². The molecule has 7 nitrogen and oxygen atoms in total. The number of ether oxygens (including phenoxy) is 2. The number of nitrogens with zero attached hydrogens (tertiary/aromatic N) is 4. The van der Waals surface area contributed by atoms with E-state index < -0.39 is 0 Å². The fourth-order valence-electron chi connectivity index (χ4n) is 2.13. The molecule has 0 bridgehead atoms. The Morgan fingerprint density at radius 3 is 2.61 bits per heavy atom. The lowest BCUT2D eigenvalue weighted by Crippen LogP contribution is -2.35. The monoisotopic (exact) mass is 316 g/mol. The van der Waals surface area contributed by atoms with Crippen LogP contribution in [0.25, 0.3) is 0 Å². The molecule has 23 heavy (non-hydrogen) atoms. The minimum absolute atomic E-state index is 0.0149. The highest BCUT2D eigenvalue weighted by atomic mass is 16.6. The first kappa shape index (κ1) is 15.3. The van der Waals surface area contributed by atoms with Gasteiger partial charge in [0.1, 0.15) is 31.0 Å². The fourth-order valence-corrected chi connectivity index (χ4v) is 2.13. The maximum atomic E-state index is 5.91. The zero-order valence-electron chi connectivity index (χ0n) is 13.6. The Kier molecular flexibility index (Phi) is 4.18. The predicted octanol–water partition coefficient (Wildman–Crippen LogP) is 2.46. The Bertz CT molecular complexity index is 697. The molecule has 0 saturated carbocycles. The van der Waals surface area contributed by atoms with Crippen LogP contribution < -0.4 is 9.47 Å². The summed E-state index contributed by atoms with van der Waals surface area (Å²) in [4.78, 5) is 9.36. The highest BCUT2D eigenvalue weighted by Gasteiger charge is 2.25. The van der Waals surface area contributed by atoms with Crippen LogP contribution in [-0.2, 0) is 4.84 Å². The number of hydrogen-bond acceptors (Lipinski definition) is 6. The smallest absolute Gasteiger partial charge is 0.201 e. The molecule has 0 saturated heterocycles. The molecule has 2 heterocycles. The van der Waals surface area contributed by atoms with E-state index in [1.54, 1.807) is 11.0 Å². The van der Waals surface area contributed by atoms with Gasteiger partial charge in [0.05, 0.1) is 0 Å². The first-order valence-electron chi connectivity index (χ1n) is 7.61. The van der Waals surface area contributed by atoms with Crippen LogP contribution in [0.1, 0.15) is 33.3 Å². The third kappa shape index (κ3) is 3.28. The van der Waals surface area contributed by atoms with Crippen LogP contribution >= 0.6 is 0 Å². The second-order valence-corrected chi connectivity index (χ2v) is 5.72. The van der Waals surface area contributed by atoms with Crippen LogP contribution in [0.2, 0.25) is 0 Å². The third-order valence-electron chi connectivity index (χ3n) is 3.47. The zero-order chi connectivity index (χ0) is 16.4. The quantitative estimate of drug-likeness (QED) is 0.494. The molecule has 0 radical (unpaired) electrons. The molecule has 7 heteroatoms. The maximum absolute atomic E-state index is 5.91. The summed E-state index contributed by atoms with van der Waals surface area (Å²) in [6, 6.07) is 5.64. The molecule has 2 atom stereocenters. The zero-order valence-corrected chi connectivity index (χ0v) is 13.6. The molecule has 3 rings (SSSR count). The Morgan fingerprint density at radius 2 is 1.96 bits per heavy atom. The maximum Gasteiger partial charge on any atom is 0.201 e. The van der Waals surface area contributed by atoms with E-state index in [4.69, 9.17) is 14.3 Å². The van der Waals surface area contributed by atoms with Gasteiger partial charge < -0.3 is 14.3 Å². The minimum atomic E-state index is -0.0356. The molecule has 0 spiro atoms. The van der Waals surface area contributed by atoms with Crippen molar-refractivity contribution in [2.75, 3.05) is 0 Å². The van der Waals surface area contributed by atoms with Gasteiger partial charge in [0.25, 0.3) is 0 Å². The van der Waals surface area contributed by atoms with Crippen molar-refractivity contribution in [3.63, 3.8) is 0 Å². The number of aromatic nitrogens is 3. The van der Waals surface area contributed by atoms with Crippen LogP contribution in [0.4, 0.5) is 0 Å². The molecule has 1 aromatic carbocycles. The van der Waals surface area contributed by atoms with Crippen molar-refractivity contribution in [2.45, 2.75) is 46.0 Å². The van der Waals surface area contributed by atoms with Crippen molar-refractivity contribution in [1.29, 1.82) is 0 Å². The van der Waals surface area contributed by atoms with Crippen LogP contribution in [0.5, 0.6) is 11.5 Å². The van der Waals surface area contributed by atoms with Crippen molar-refractivity contribution in [1.82, 2.24) is 14.8 Å². The molecule has 1 aliphatic heterocycles. The van der Waals surface area contributed by atoms with Crippen molar-refractivity contribution in [2.24, 2.45) is 5.16 Å². The van der Waals surface area contributed by atoms with Gasteiger partial charge in [0.2, 0.25) is 5.84 Å². The SMILES string of the molecule is CC(C)O/N=C(/c1ccc2c(c1)OC(C)C(C)O2)n1cncn1. The van der Waals surface area contributed by atoms with E-state index in [1.807, 2.05) is 45.9 Å². The van der Waals surface area contributed by atoms with E-state index >= 15 is 0 Å². The van der Waals surface area contributed by atoms with Gasteiger partial charge in [-0.05, 0) is 45.9 Å². The number of fused-ring (bicyclic) bond motifs is 1. The van der Waals surface area contributed by atoms with Crippen LogP contribution in [-0.4, -0.2) is 38.9 Å². The highest BCUT2D eigenvalue weighted by Crippen LogP contribution is 2.34. The van der Waals surface area contributed by atoms with Crippen molar-refractivity contribution in [3.8, 4) is 11.5 Å². The topological polar surface area (TPSA) is 70.8 Å². The van der Waals surface area contributed by atoms with Gasteiger partial charge in [-0.2, -0.15) is 9.78 Å². The summed E-state index contributed by atoms with van der Waals surface area (Å²) >= 11 is 0. The Hall–Kier alpha value is -2.57. The van der Waals surface area contributed by atoms with Crippen LogP contribution in [0.3, 0.4) is 0 Å². The summed E-state index contributed by atoms with van der Waals surface area (Å²) in [6.45, 7) is 7.79. The van der Waals surface area contributed by atoms with E-state index in [-0.39, 0.29) is 18.3 Å². The first-order chi connectivity index (χ1) is 11.0. The van der Waals surface area contributed by atoms with Crippen molar-refractivity contribution < 1.29 is 14.3 Å². The number of oxime groups is 1. The van der Waals surface area contributed by atoms with Crippen molar-refractivity contribution >= 4 is 5.84 Å². The van der Waals surface area contributed by atoms with Gasteiger partial charge in [-0.25, -0.2) is 4.98 Å². The van der Waals surface area contributed by atoms with Crippen molar-refractivity contribution in [3.05, 3.63) is 36.4 Å². The molecule has 122 valence electrons. The summed E-state index contributed by atoms with van der Waals surface area (Å²) in [7, 11) is 0. The largest absolute Gasteiger partial charge is 0.483 e. The Balaban J connectivity index is 1.97. The summed E-state index contributed by atoms with van der Waals surface area (Å²) in [6.07, 6.45) is 2.99. The van der Waals surface area contributed by atoms with E-state index in [0.29, 0.717) is 11.6 Å². The van der Waals surface area contributed by atoms with Gasteiger partial charge in [0, 0.05) is 5.56 Å². The van der Waals surface area contributed by atoms with E-state index in [2.05, 4.69) is 15.2 Å². The molecule has 1 aliphatic rings. The second kappa shape index (κ2) is 6.28. The second-order valence-electron chi connectivity index (χ2n) is 5.72. The molecule has 0 N–H and O–H groups in total. The summed E-state index contributed by atoms with van der Waals surface area (Å²) in [5, 5.41) is 8.33. The molecular formula is C16H20N4O3. The number of rotatable bonds is 3. The predicted molar refractivity (Wildman–Crippen MR) is 84.8 cm³/mol. The molecule has 1 aromatic heterocycles. The molecule has 0 aliphatic carbocycles. The Morgan fingerprint density at radius 1 is 1.22 bits per heavy atom. The summed E-state index contributed by atoms with van der Waals surface area (Å²) < 4.78 is 13.3. The number of benzene rings is 1. The van der Waals surface area contributed by atoms with E-state index in [1.165, 1.54) is 6.33 Å². The van der Waals surface area contributed by atoms with Gasteiger partial charge in [-0.1, -0.05) is 5.16 Å². The lowest BCUT2D eigenvalue weighted by atomic mass is 10.1. The van der Waals surface area contributed by atoms with Gasteiger partial charge in [-0.15, -0.1) is 0 Å². The Labute approximate surface area is 134 Å².